The van der Waals surface area contributed by atoms with Crippen LogP contribution >= 0.6 is 24.8 Å². The number of benzene rings is 1. The van der Waals surface area contributed by atoms with E-state index < -0.39 is 0 Å². The summed E-state index contributed by atoms with van der Waals surface area (Å²) in [6, 6.07) is 7.81. The summed E-state index contributed by atoms with van der Waals surface area (Å²) in [6.45, 7) is 4.70. The number of nitrogens with one attached hydrogen (secondary N) is 1. The van der Waals surface area contributed by atoms with Gasteiger partial charge < -0.3 is 14.8 Å². The van der Waals surface area contributed by atoms with E-state index in [9.17, 15) is 0 Å². The summed E-state index contributed by atoms with van der Waals surface area (Å²) in [5, 5.41) is 3.73. The highest BCUT2D eigenvalue weighted by Crippen LogP contribution is 2.31. The Morgan fingerprint density at radius 3 is 2.64 bits per heavy atom. The Bertz CT molecular complexity index is 501. The smallest absolute Gasteiger partial charge is 0.161 e. The minimum atomic E-state index is 0. The molecule has 0 unspecified atom stereocenters. The fourth-order valence-corrected chi connectivity index (χ4v) is 3.60. The SMILES string of the molecule is Cl.Cl.c1cc2c(cc1CN1CC[C@H]3CC[C@@H](C1)N3)OCCO2. The average Bonchev–Trinajstić information content (AvgIpc) is 2.81. The molecule has 2 saturated heterocycles. The summed E-state index contributed by atoms with van der Waals surface area (Å²) in [7, 11) is 0. The predicted molar refractivity (Wildman–Crippen MR) is 91.8 cm³/mol. The Morgan fingerprint density at radius 1 is 1.00 bits per heavy atom. The number of fused-ring (bicyclic) bond motifs is 3. The Labute approximate surface area is 144 Å². The second-order valence-electron chi connectivity index (χ2n) is 6.14. The zero-order valence-electron chi connectivity index (χ0n) is 12.6. The van der Waals surface area contributed by atoms with Crippen LogP contribution in [0.2, 0.25) is 0 Å². The van der Waals surface area contributed by atoms with Crippen LogP contribution in [0.3, 0.4) is 0 Å². The summed E-state index contributed by atoms with van der Waals surface area (Å²) in [6.07, 6.45) is 3.98. The molecular formula is C16H24Cl2N2O2. The quantitative estimate of drug-likeness (QED) is 0.892. The lowest BCUT2D eigenvalue weighted by Gasteiger charge is -2.25. The monoisotopic (exact) mass is 346 g/mol. The third kappa shape index (κ3) is 3.80. The molecule has 3 heterocycles. The van der Waals surface area contributed by atoms with Gasteiger partial charge in [0.25, 0.3) is 0 Å². The van der Waals surface area contributed by atoms with Gasteiger partial charge in [-0.05, 0) is 37.0 Å². The predicted octanol–water partition coefficient (Wildman–Crippen LogP) is 2.63. The van der Waals surface area contributed by atoms with Gasteiger partial charge in [-0.15, -0.1) is 24.8 Å². The average molecular weight is 347 g/mol. The minimum absolute atomic E-state index is 0. The van der Waals surface area contributed by atoms with E-state index in [0.717, 1.165) is 24.1 Å². The molecule has 6 heteroatoms. The van der Waals surface area contributed by atoms with Crippen molar-refractivity contribution in [2.24, 2.45) is 0 Å². The summed E-state index contributed by atoms with van der Waals surface area (Å²) in [5.74, 6) is 1.79. The first-order valence-corrected chi connectivity index (χ1v) is 7.74. The fraction of sp³-hybridized carbons (Fsp3) is 0.625. The van der Waals surface area contributed by atoms with E-state index >= 15 is 0 Å². The minimum Gasteiger partial charge on any atom is -0.486 e. The number of likely N-dealkylation sites (tertiary alicyclic amines) is 1. The third-order valence-corrected chi connectivity index (χ3v) is 4.62. The van der Waals surface area contributed by atoms with E-state index in [-0.39, 0.29) is 24.8 Å². The van der Waals surface area contributed by atoms with E-state index in [1.807, 2.05) is 6.07 Å². The van der Waals surface area contributed by atoms with Gasteiger partial charge >= 0.3 is 0 Å². The molecule has 1 aromatic carbocycles. The summed E-state index contributed by atoms with van der Waals surface area (Å²) in [5.41, 5.74) is 1.33. The van der Waals surface area contributed by atoms with Crippen molar-refractivity contribution in [1.29, 1.82) is 0 Å². The zero-order valence-corrected chi connectivity index (χ0v) is 14.3. The van der Waals surface area contributed by atoms with Crippen molar-refractivity contribution in [3.63, 3.8) is 0 Å². The number of hydrogen-bond donors (Lipinski definition) is 1. The highest BCUT2D eigenvalue weighted by Gasteiger charge is 2.29. The highest BCUT2D eigenvalue weighted by molar-refractivity contribution is 5.85. The van der Waals surface area contributed by atoms with E-state index in [1.165, 1.54) is 37.9 Å². The van der Waals surface area contributed by atoms with Crippen molar-refractivity contribution in [3.05, 3.63) is 23.8 Å². The maximum atomic E-state index is 5.67. The van der Waals surface area contributed by atoms with Gasteiger partial charge in [0, 0.05) is 31.7 Å². The Hall–Kier alpha value is -0.680. The molecule has 4 rings (SSSR count). The molecule has 0 aliphatic carbocycles. The summed E-state index contributed by atoms with van der Waals surface area (Å²) < 4.78 is 11.3. The summed E-state index contributed by atoms with van der Waals surface area (Å²) in [4.78, 5) is 2.57. The molecule has 1 N–H and O–H groups in total. The molecule has 3 aliphatic heterocycles. The van der Waals surface area contributed by atoms with Gasteiger partial charge in [-0.2, -0.15) is 0 Å². The highest BCUT2D eigenvalue weighted by atomic mass is 35.5. The molecule has 4 nitrogen and oxygen atoms in total. The van der Waals surface area contributed by atoms with Crippen molar-refractivity contribution >= 4 is 24.8 Å². The molecule has 22 heavy (non-hydrogen) atoms. The topological polar surface area (TPSA) is 33.7 Å². The lowest BCUT2D eigenvalue weighted by atomic mass is 10.1. The van der Waals surface area contributed by atoms with Crippen molar-refractivity contribution in [2.75, 3.05) is 26.3 Å². The van der Waals surface area contributed by atoms with Gasteiger partial charge in [0.15, 0.2) is 11.5 Å². The van der Waals surface area contributed by atoms with Gasteiger partial charge in [-0.25, -0.2) is 0 Å². The summed E-state index contributed by atoms with van der Waals surface area (Å²) >= 11 is 0. The molecule has 0 spiro atoms. The largest absolute Gasteiger partial charge is 0.486 e. The lowest BCUT2D eigenvalue weighted by Crippen LogP contribution is -2.34. The first kappa shape index (κ1) is 17.7. The number of hydrogen-bond acceptors (Lipinski definition) is 4. The Morgan fingerprint density at radius 2 is 1.77 bits per heavy atom. The maximum Gasteiger partial charge on any atom is 0.161 e. The number of halogens is 2. The van der Waals surface area contributed by atoms with Crippen LogP contribution in [0, 0.1) is 0 Å². The van der Waals surface area contributed by atoms with E-state index in [2.05, 4.69) is 22.3 Å². The van der Waals surface area contributed by atoms with Gasteiger partial charge in [-0.1, -0.05) is 6.07 Å². The van der Waals surface area contributed by atoms with Gasteiger partial charge in [-0.3, -0.25) is 4.90 Å². The number of ether oxygens (including phenoxy) is 2. The Kier molecular flexibility index (Phi) is 6.21. The Balaban J connectivity index is 0.000000882. The van der Waals surface area contributed by atoms with Crippen molar-refractivity contribution in [2.45, 2.75) is 37.9 Å². The van der Waals surface area contributed by atoms with E-state index in [0.29, 0.717) is 19.3 Å². The molecule has 0 amide bonds. The van der Waals surface area contributed by atoms with Crippen LogP contribution in [-0.4, -0.2) is 43.3 Å². The van der Waals surface area contributed by atoms with Crippen molar-refractivity contribution in [1.82, 2.24) is 10.2 Å². The molecule has 2 bridgehead atoms. The molecule has 2 atom stereocenters. The zero-order chi connectivity index (χ0) is 13.4. The molecule has 2 fully saturated rings. The van der Waals surface area contributed by atoms with Gasteiger partial charge in [0.1, 0.15) is 13.2 Å². The first-order chi connectivity index (χ1) is 9.87. The molecular weight excluding hydrogens is 323 g/mol. The molecule has 0 aromatic heterocycles. The number of nitrogens with zero attached hydrogens (tertiary/aromatic N) is 1. The second-order valence-corrected chi connectivity index (χ2v) is 6.14. The van der Waals surface area contributed by atoms with Crippen molar-refractivity contribution < 1.29 is 9.47 Å². The molecule has 1 aromatic rings. The third-order valence-electron chi connectivity index (χ3n) is 4.62. The maximum absolute atomic E-state index is 5.67. The van der Waals surface area contributed by atoms with Crippen LogP contribution in [0.4, 0.5) is 0 Å². The molecule has 3 aliphatic rings. The van der Waals surface area contributed by atoms with Crippen LogP contribution < -0.4 is 14.8 Å². The van der Waals surface area contributed by atoms with E-state index in [1.54, 1.807) is 0 Å². The van der Waals surface area contributed by atoms with Crippen LogP contribution in [0.1, 0.15) is 24.8 Å². The molecule has 124 valence electrons. The lowest BCUT2D eigenvalue weighted by molar-refractivity contribution is 0.171. The molecule has 0 saturated carbocycles. The number of rotatable bonds is 2. The van der Waals surface area contributed by atoms with Crippen molar-refractivity contribution in [3.8, 4) is 11.5 Å². The fourth-order valence-electron chi connectivity index (χ4n) is 3.60. The van der Waals surface area contributed by atoms with Crippen LogP contribution in [0.15, 0.2) is 18.2 Å². The standard InChI is InChI=1S/C16H22N2O2.2ClH/c1-4-15-16(20-8-7-19-15)9-12(1)10-18-6-5-13-2-3-14(11-18)17-13;;/h1,4,9,13-14,17H,2-3,5-8,10-11H2;2*1H/t13-,14+;;/m1../s1. The second kappa shape index (κ2) is 7.73. The first-order valence-electron chi connectivity index (χ1n) is 7.74. The normalized spacial score (nSPS) is 26.5. The van der Waals surface area contributed by atoms with E-state index in [4.69, 9.17) is 9.47 Å². The van der Waals surface area contributed by atoms with Crippen LogP contribution in [0.25, 0.3) is 0 Å². The van der Waals surface area contributed by atoms with Gasteiger partial charge in [0.2, 0.25) is 0 Å². The molecule has 0 radical (unpaired) electrons. The van der Waals surface area contributed by atoms with Crippen LogP contribution in [0.5, 0.6) is 11.5 Å². The van der Waals surface area contributed by atoms with Crippen LogP contribution in [-0.2, 0) is 6.54 Å². The van der Waals surface area contributed by atoms with Gasteiger partial charge in [0.05, 0.1) is 0 Å².